The Balaban J connectivity index is 1.52. The maximum absolute atomic E-state index is 13.1. The smallest absolute Gasteiger partial charge is 0.243 e. The standard InChI is InChI=1S/C20H21FN2O4/c1-26-16-6-8-17(9-7-16)27-13-12-22-20(25)18-10-11-19(24)23(18)15-4-2-14(21)3-5-15/h2-9,18H,10-13H2,1H3,(H,22,25). The first-order valence-electron chi connectivity index (χ1n) is 8.70. The van der Waals surface area contributed by atoms with Crippen LogP contribution >= 0.6 is 0 Å². The average molecular weight is 372 g/mol. The molecule has 1 unspecified atom stereocenters. The monoisotopic (exact) mass is 372 g/mol. The maximum atomic E-state index is 13.1. The van der Waals surface area contributed by atoms with E-state index in [1.54, 1.807) is 31.4 Å². The molecule has 0 bridgehead atoms. The molecule has 0 radical (unpaired) electrons. The predicted octanol–water partition coefficient (Wildman–Crippen LogP) is 2.52. The summed E-state index contributed by atoms with van der Waals surface area (Å²) in [5.74, 6) is 0.637. The number of carbonyl (C=O) groups is 2. The fraction of sp³-hybridized carbons (Fsp3) is 0.300. The van der Waals surface area contributed by atoms with Crippen molar-refractivity contribution in [3.8, 4) is 11.5 Å². The van der Waals surface area contributed by atoms with Crippen molar-refractivity contribution in [2.24, 2.45) is 0 Å². The number of methoxy groups -OCH3 is 1. The van der Waals surface area contributed by atoms with Gasteiger partial charge in [0.1, 0.15) is 30.0 Å². The topological polar surface area (TPSA) is 67.9 Å². The second kappa shape index (κ2) is 8.53. The van der Waals surface area contributed by atoms with Crippen LogP contribution in [0.3, 0.4) is 0 Å². The Morgan fingerprint density at radius 1 is 1.15 bits per heavy atom. The van der Waals surface area contributed by atoms with Crippen molar-refractivity contribution in [1.82, 2.24) is 5.32 Å². The van der Waals surface area contributed by atoms with Crippen LogP contribution in [0.25, 0.3) is 0 Å². The number of halogens is 1. The SMILES string of the molecule is COc1ccc(OCCNC(=O)C2CCC(=O)N2c2ccc(F)cc2)cc1. The van der Waals surface area contributed by atoms with E-state index in [9.17, 15) is 14.0 Å². The number of amides is 2. The zero-order chi connectivity index (χ0) is 19.2. The van der Waals surface area contributed by atoms with Gasteiger partial charge < -0.3 is 14.8 Å². The van der Waals surface area contributed by atoms with Crippen LogP contribution in [0, 0.1) is 5.82 Å². The Morgan fingerprint density at radius 2 is 1.81 bits per heavy atom. The fourth-order valence-electron chi connectivity index (χ4n) is 2.99. The summed E-state index contributed by atoms with van der Waals surface area (Å²) in [7, 11) is 1.59. The Hall–Kier alpha value is -3.09. The minimum atomic E-state index is -0.594. The largest absolute Gasteiger partial charge is 0.497 e. The van der Waals surface area contributed by atoms with E-state index in [0.717, 1.165) is 5.75 Å². The maximum Gasteiger partial charge on any atom is 0.243 e. The zero-order valence-corrected chi connectivity index (χ0v) is 15.0. The highest BCUT2D eigenvalue weighted by Crippen LogP contribution is 2.27. The normalized spacial score (nSPS) is 16.3. The summed E-state index contributed by atoms with van der Waals surface area (Å²) in [5.41, 5.74) is 0.522. The molecule has 1 N–H and O–H groups in total. The van der Waals surface area contributed by atoms with Gasteiger partial charge in [-0.25, -0.2) is 4.39 Å². The Bertz CT molecular complexity index is 793. The van der Waals surface area contributed by atoms with Gasteiger partial charge in [0.15, 0.2) is 0 Å². The van der Waals surface area contributed by atoms with Crippen molar-refractivity contribution in [1.29, 1.82) is 0 Å². The third-order valence-corrected chi connectivity index (χ3v) is 4.35. The second-order valence-corrected chi connectivity index (χ2v) is 6.11. The van der Waals surface area contributed by atoms with Crippen LogP contribution in [0.4, 0.5) is 10.1 Å². The molecular weight excluding hydrogens is 351 g/mol. The second-order valence-electron chi connectivity index (χ2n) is 6.11. The van der Waals surface area contributed by atoms with E-state index in [0.29, 0.717) is 31.0 Å². The summed E-state index contributed by atoms with van der Waals surface area (Å²) in [5, 5.41) is 2.79. The molecule has 27 heavy (non-hydrogen) atoms. The molecule has 1 fully saturated rings. The van der Waals surface area contributed by atoms with Gasteiger partial charge in [-0.3, -0.25) is 14.5 Å². The van der Waals surface area contributed by atoms with Crippen LogP contribution < -0.4 is 19.7 Å². The molecule has 142 valence electrons. The van der Waals surface area contributed by atoms with Crippen molar-refractivity contribution in [2.75, 3.05) is 25.2 Å². The highest BCUT2D eigenvalue weighted by atomic mass is 19.1. The molecule has 1 atom stereocenters. The van der Waals surface area contributed by atoms with Crippen molar-refractivity contribution < 1.29 is 23.5 Å². The Kier molecular flexibility index (Phi) is 5.90. The van der Waals surface area contributed by atoms with E-state index in [1.807, 2.05) is 0 Å². The first-order valence-corrected chi connectivity index (χ1v) is 8.70. The van der Waals surface area contributed by atoms with Gasteiger partial charge in [0.25, 0.3) is 0 Å². The van der Waals surface area contributed by atoms with Gasteiger partial charge >= 0.3 is 0 Å². The number of nitrogens with zero attached hydrogens (tertiary/aromatic N) is 1. The minimum Gasteiger partial charge on any atom is -0.497 e. The van der Waals surface area contributed by atoms with Gasteiger partial charge in [0.2, 0.25) is 11.8 Å². The van der Waals surface area contributed by atoms with Crippen molar-refractivity contribution in [3.63, 3.8) is 0 Å². The summed E-state index contributed by atoms with van der Waals surface area (Å²) in [6.07, 6.45) is 0.721. The molecule has 6 nitrogen and oxygen atoms in total. The molecule has 2 aromatic carbocycles. The number of anilines is 1. The summed E-state index contributed by atoms with van der Waals surface area (Å²) >= 11 is 0. The molecule has 1 heterocycles. The highest BCUT2D eigenvalue weighted by Gasteiger charge is 2.36. The lowest BCUT2D eigenvalue weighted by Gasteiger charge is -2.24. The van der Waals surface area contributed by atoms with E-state index < -0.39 is 6.04 Å². The zero-order valence-electron chi connectivity index (χ0n) is 15.0. The van der Waals surface area contributed by atoms with Gasteiger partial charge in [0.05, 0.1) is 13.7 Å². The Morgan fingerprint density at radius 3 is 2.48 bits per heavy atom. The third kappa shape index (κ3) is 4.55. The molecule has 0 saturated carbocycles. The van der Waals surface area contributed by atoms with Crippen molar-refractivity contribution >= 4 is 17.5 Å². The van der Waals surface area contributed by atoms with E-state index in [2.05, 4.69) is 5.32 Å². The quantitative estimate of drug-likeness (QED) is 0.759. The Labute approximate surface area is 156 Å². The fourth-order valence-corrected chi connectivity index (χ4v) is 2.99. The van der Waals surface area contributed by atoms with Gasteiger partial charge in [-0.1, -0.05) is 0 Å². The number of nitrogens with one attached hydrogen (secondary N) is 1. The van der Waals surface area contributed by atoms with Gasteiger partial charge in [0, 0.05) is 12.1 Å². The van der Waals surface area contributed by atoms with E-state index in [-0.39, 0.29) is 24.1 Å². The van der Waals surface area contributed by atoms with Gasteiger partial charge in [-0.2, -0.15) is 0 Å². The first kappa shape index (κ1) is 18.7. The lowest BCUT2D eigenvalue weighted by atomic mass is 10.2. The van der Waals surface area contributed by atoms with Crippen LogP contribution in [-0.4, -0.2) is 38.1 Å². The number of benzene rings is 2. The van der Waals surface area contributed by atoms with Crippen LogP contribution in [0.1, 0.15) is 12.8 Å². The van der Waals surface area contributed by atoms with Crippen LogP contribution in [-0.2, 0) is 9.59 Å². The number of hydrogen-bond acceptors (Lipinski definition) is 4. The summed E-state index contributed by atoms with van der Waals surface area (Å²) in [4.78, 5) is 26.1. The molecule has 2 aromatic rings. The number of ether oxygens (including phenoxy) is 2. The molecule has 2 amide bonds. The summed E-state index contributed by atoms with van der Waals surface area (Å²) in [6, 6.07) is 12.1. The summed E-state index contributed by atoms with van der Waals surface area (Å²) in [6.45, 7) is 0.613. The van der Waals surface area contributed by atoms with Crippen molar-refractivity contribution in [3.05, 3.63) is 54.3 Å². The summed E-state index contributed by atoms with van der Waals surface area (Å²) < 4.78 is 23.8. The number of rotatable bonds is 7. The molecule has 3 rings (SSSR count). The minimum absolute atomic E-state index is 0.142. The highest BCUT2D eigenvalue weighted by molar-refractivity contribution is 6.03. The van der Waals surface area contributed by atoms with Crippen molar-refractivity contribution in [2.45, 2.75) is 18.9 Å². The molecular formula is C20H21FN2O4. The molecule has 1 aliphatic rings. The average Bonchev–Trinajstić information content (AvgIpc) is 3.08. The predicted molar refractivity (Wildman–Crippen MR) is 98.4 cm³/mol. The molecule has 0 spiro atoms. The lowest BCUT2D eigenvalue weighted by molar-refractivity contribution is -0.124. The molecule has 7 heteroatoms. The lowest BCUT2D eigenvalue weighted by Crippen LogP contribution is -2.45. The van der Waals surface area contributed by atoms with Gasteiger partial charge in [-0.15, -0.1) is 0 Å². The molecule has 1 saturated heterocycles. The van der Waals surface area contributed by atoms with Gasteiger partial charge in [-0.05, 0) is 55.0 Å². The number of carbonyl (C=O) groups excluding carboxylic acids is 2. The first-order chi connectivity index (χ1) is 13.1. The molecule has 1 aliphatic heterocycles. The van der Waals surface area contributed by atoms with Crippen LogP contribution in [0.2, 0.25) is 0 Å². The van der Waals surface area contributed by atoms with Crippen LogP contribution in [0.5, 0.6) is 11.5 Å². The third-order valence-electron chi connectivity index (χ3n) is 4.35. The van der Waals surface area contributed by atoms with Crippen LogP contribution in [0.15, 0.2) is 48.5 Å². The number of hydrogen-bond donors (Lipinski definition) is 1. The van der Waals surface area contributed by atoms with E-state index in [4.69, 9.17) is 9.47 Å². The molecule has 0 aliphatic carbocycles. The van der Waals surface area contributed by atoms with E-state index >= 15 is 0 Å². The molecule has 0 aromatic heterocycles. The van der Waals surface area contributed by atoms with E-state index in [1.165, 1.54) is 29.2 Å².